The van der Waals surface area contributed by atoms with E-state index >= 15 is 0 Å². The van der Waals surface area contributed by atoms with Crippen LogP contribution >= 0.6 is 11.3 Å². The Kier molecular flexibility index (Phi) is 11.4. The van der Waals surface area contributed by atoms with Gasteiger partial charge in [0.1, 0.15) is 22.3 Å². The number of ether oxygens (including phenoxy) is 2. The van der Waals surface area contributed by atoms with Crippen LogP contribution in [-0.2, 0) is 31.0 Å². The van der Waals surface area contributed by atoms with Gasteiger partial charge in [-0.1, -0.05) is 32.0 Å². The minimum absolute atomic E-state index is 0.0911. The number of rotatable bonds is 9. The van der Waals surface area contributed by atoms with Gasteiger partial charge in [0.25, 0.3) is 21.8 Å². The molecule has 0 unspecified atom stereocenters. The first-order valence-corrected chi connectivity index (χ1v) is 19.5. The Morgan fingerprint density at radius 1 is 1.04 bits per heavy atom. The molecular formula is C36H43N5O8S2. The molecule has 3 aromatic rings. The number of nitrogens with zero attached hydrogens (tertiary/aromatic N) is 2. The molecule has 3 N–H and O–H groups in total. The molecule has 1 aromatic heterocycles. The molecule has 2 atom stereocenters. The van der Waals surface area contributed by atoms with Gasteiger partial charge in [-0.15, -0.1) is 11.3 Å². The molecule has 6 rings (SSSR count). The lowest BCUT2D eigenvalue weighted by atomic mass is 10.0. The summed E-state index contributed by atoms with van der Waals surface area (Å²) in [7, 11) is -3.84. The molecule has 1 saturated heterocycles. The van der Waals surface area contributed by atoms with Gasteiger partial charge in [0, 0.05) is 36.8 Å². The monoisotopic (exact) mass is 737 g/mol. The van der Waals surface area contributed by atoms with Crippen molar-refractivity contribution in [3.05, 3.63) is 76.7 Å². The largest absolute Gasteiger partial charge is 0.457 e. The van der Waals surface area contributed by atoms with Crippen molar-refractivity contribution in [3.8, 4) is 11.5 Å². The fraction of sp³-hybridized carbons (Fsp3) is 0.444. The highest BCUT2D eigenvalue weighted by Crippen LogP contribution is 2.31. The van der Waals surface area contributed by atoms with Gasteiger partial charge in [0.2, 0.25) is 11.8 Å². The minimum atomic E-state index is -3.84. The summed E-state index contributed by atoms with van der Waals surface area (Å²) in [5.41, 5.74) is 1.29. The van der Waals surface area contributed by atoms with Gasteiger partial charge >= 0.3 is 0 Å². The van der Waals surface area contributed by atoms with Gasteiger partial charge in [0.15, 0.2) is 0 Å². The third-order valence-electron chi connectivity index (χ3n) is 9.01. The van der Waals surface area contributed by atoms with Crippen molar-refractivity contribution < 1.29 is 37.1 Å². The summed E-state index contributed by atoms with van der Waals surface area (Å²) in [6.45, 7) is 4.55. The lowest BCUT2D eigenvalue weighted by Gasteiger charge is -2.39. The third kappa shape index (κ3) is 9.52. The van der Waals surface area contributed by atoms with Crippen molar-refractivity contribution in [2.24, 2.45) is 5.92 Å². The van der Waals surface area contributed by atoms with Crippen LogP contribution in [0.3, 0.4) is 0 Å². The van der Waals surface area contributed by atoms with E-state index in [0.29, 0.717) is 36.9 Å². The van der Waals surface area contributed by atoms with Crippen molar-refractivity contribution in [2.75, 3.05) is 32.7 Å². The highest BCUT2D eigenvalue weighted by Gasteiger charge is 2.38. The Hall–Kier alpha value is -4.31. The number of fused-ring (bicyclic) bond motifs is 5. The summed E-state index contributed by atoms with van der Waals surface area (Å²) >= 11 is 1.06. The topological polar surface area (TPSA) is 163 Å². The van der Waals surface area contributed by atoms with Gasteiger partial charge in [-0.2, -0.15) is 0 Å². The number of sulfonamides is 1. The summed E-state index contributed by atoms with van der Waals surface area (Å²) in [5, 5.41) is 7.58. The standard InChI is InChI=1S/C36H43N5O8S2/c1-23(2)10-12-37-35(44)25-16-26-18-29(17-25)49-28-6-3-5-24(15-28)22-48-31-11-13-40(33(43)19-38-51(46,47)34-7-4-14-50-34)20-30(31)39-32(42)21-41(36(26)45)27-8-9-27/h3-7,14-18,23,27,30-31,38H,8-13,19-22H2,1-2H3,(H,37,44)(H,39,42)/t30-,31+/m1/s1. The van der Waals surface area contributed by atoms with Crippen LogP contribution < -0.4 is 20.1 Å². The summed E-state index contributed by atoms with van der Waals surface area (Å²) in [6, 6.07) is 14.3. The molecule has 3 heterocycles. The quantitative estimate of drug-likeness (QED) is 0.301. The normalized spacial score (nSPS) is 20.0. The number of thiophene rings is 1. The molecule has 15 heteroatoms. The second-order valence-electron chi connectivity index (χ2n) is 13.5. The molecule has 0 spiro atoms. The number of hydrogen-bond donors (Lipinski definition) is 3. The molecule has 2 aromatic carbocycles. The number of carbonyl (C=O) groups excluding carboxylic acids is 4. The number of benzene rings is 2. The maximum atomic E-state index is 14.1. The Labute approximate surface area is 301 Å². The maximum Gasteiger partial charge on any atom is 0.254 e. The van der Waals surface area contributed by atoms with Gasteiger partial charge in [-0.25, -0.2) is 13.1 Å². The molecule has 4 amide bonds. The zero-order valence-electron chi connectivity index (χ0n) is 28.6. The van der Waals surface area contributed by atoms with E-state index in [4.69, 9.17) is 9.47 Å². The molecule has 2 aliphatic heterocycles. The second kappa shape index (κ2) is 15.9. The lowest BCUT2D eigenvalue weighted by Crippen LogP contribution is -2.59. The van der Waals surface area contributed by atoms with E-state index in [0.717, 1.165) is 36.2 Å². The van der Waals surface area contributed by atoms with Crippen LogP contribution in [0.1, 0.15) is 65.8 Å². The zero-order valence-corrected chi connectivity index (χ0v) is 30.3. The Balaban J connectivity index is 1.24. The highest BCUT2D eigenvalue weighted by atomic mass is 32.2. The number of amides is 4. The number of piperidine rings is 1. The first kappa shape index (κ1) is 36.5. The predicted molar refractivity (Wildman–Crippen MR) is 190 cm³/mol. The van der Waals surface area contributed by atoms with E-state index in [1.54, 1.807) is 29.6 Å². The molecule has 13 nitrogen and oxygen atoms in total. The van der Waals surface area contributed by atoms with E-state index in [-0.39, 0.29) is 47.0 Å². The van der Waals surface area contributed by atoms with E-state index in [9.17, 15) is 27.6 Å². The summed E-state index contributed by atoms with van der Waals surface area (Å²) < 4.78 is 40.3. The van der Waals surface area contributed by atoms with E-state index in [1.165, 1.54) is 21.9 Å². The Morgan fingerprint density at radius 2 is 1.86 bits per heavy atom. The molecule has 1 saturated carbocycles. The first-order valence-electron chi connectivity index (χ1n) is 17.2. The van der Waals surface area contributed by atoms with Crippen molar-refractivity contribution >= 4 is 45.0 Å². The molecule has 4 bridgehead atoms. The van der Waals surface area contributed by atoms with Crippen molar-refractivity contribution in [3.63, 3.8) is 0 Å². The van der Waals surface area contributed by atoms with E-state index < -0.39 is 46.4 Å². The lowest BCUT2D eigenvalue weighted by molar-refractivity contribution is -0.136. The summed E-state index contributed by atoms with van der Waals surface area (Å²) in [4.78, 5) is 57.2. The number of likely N-dealkylation sites (tertiary alicyclic amines) is 1. The van der Waals surface area contributed by atoms with Crippen molar-refractivity contribution in [1.82, 2.24) is 25.2 Å². The van der Waals surface area contributed by atoms with Gasteiger partial charge in [-0.05, 0) is 78.9 Å². The number of carbonyl (C=O) groups is 4. The third-order valence-corrected chi connectivity index (χ3v) is 11.8. The Morgan fingerprint density at radius 3 is 2.61 bits per heavy atom. The maximum absolute atomic E-state index is 14.1. The Bertz CT molecular complexity index is 1860. The van der Waals surface area contributed by atoms with Crippen molar-refractivity contribution in [2.45, 2.75) is 68.5 Å². The first-order chi connectivity index (χ1) is 24.4. The van der Waals surface area contributed by atoms with Crippen LogP contribution in [0.15, 0.2) is 64.2 Å². The second-order valence-corrected chi connectivity index (χ2v) is 16.4. The van der Waals surface area contributed by atoms with Crippen LogP contribution in [0.5, 0.6) is 11.5 Å². The van der Waals surface area contributed by atoms with Crippen LogP contribution in [-0.4, -0.2) is 92.8 Å². The van der Waals surface area contributed by atoms with Crippen LogP contribution in [0.4, 0.5) is 0 Å². The summed E-state index contributed by atoms with van der Waals surface area (Å²) in [5.74, 6) is -0.370. The van der Waals surface area contributed by atoms with E-state index in [2.05, 4.69) is 29.2 Å². The minimum Gasteiger partial charge on any atom is -0.457 e. The van der Waals surface area contributed by atoms with Crippen LogP contribution in [0.2, 0.25) is 0 Å². The predicted octanol–water partition coefficient (Wildman–Crippen LogP) is 3.52. The van der Waals surface area contributed by atoms with Gasteiger partial charge in [0.05, 0.1) is 25.3 Å². The molecule has 272 valence electrons. The molecule has 1 aliphatic carbocycles. The van der Waals surface area contributed by atoms with E-state index in [1.807, 2.05) is 18.2 Å². The van der Waals surface area contributed by atoms with Crippen LogP contribution in [0.25, 0.3) is 0 Å². The van der Waals surface area contributed by atoms with Crippen molar-refractivity contribution in [1.29, 1.82) is 0 Å². The van der Waals surface area contributed by atoms with Gasteiger partial charge < -0.3 is 29.9 Å². The summed E-state index contributed by atoms with van der Waals surface area (Å²) in [6.07, 6.45) is 2.21. The van der Waals surface area contributed by atoms with Crippen LogP contribution in [0, 0.1) is 5.92 Å². The van der Waals surface area contributed by atoms with Gasteiger partial charge in [-0.3, -0.25) is 19.2 Å². The number of hydrogen-bond acceptors (Lipinski definition) is 9. The highest BCUT2D eigenvalue weighted by molar-refractivity contribution is 7.91. The fourth-order valence-electron chi connectivity index (χ4n) is 6.10. The average molecular weight is 738 g/mol. The fourth-order valence-corrected chi connectivity index (χ4v) is 8.12. The zero-order chi connectivity index (χ0) is 36.1. The molecule has 0 radical (unpaired) electrons. The SMILES string of the molecule is CC(C)CCNC(=O)c1cc2cc(c1)C(=O)N(C1CC1)CC(=O)N[C@@H]1CN(C(=O)CNS(=O)(=O)c3cccs3)CC[C@@H]1OCc1cccc(c1)O2. The molecule has 2 fully saturated rings. The molecule has 3 aliphatic rings. The smallest absolute Gasteiger partial charge is 0.254 e. The molecular weight excluding hydrogens is 695 g/mol. The molecule has 51 heavy (non-hydrogen) atoms. The number of nitrogens with one attached hydrogen (secondary N) is 3. The average Bonchev–Trinajstić information content (AvgIpc) is 3.78.